The van der Waals surface area contributed by atoms with Crippen LogP contribution in [0.1, 0.15) is 42.5 Å². The zero-order chi connectivity index (χ0) is 18.7. The number of methoxy groups -OCH3 is 1. The Labute approximate surface area is 148 Å². The van der Waals surface area contributed by atoms with E-state index >= 15 is 0 Å². The topological polar surface area (TPSA) is 92.8 Å². The Bertz CT molecular complexity index is 735. The van der Waals surface area contributed by atoms with Crippen molar-refractivity contribution >= 4 is 21.9 Å². The number of amides is 1. The van der Waals surface area contributed by atoms with Gasteiger partial charge in [0.25, 0.3) is 5.91 Å². The number of nitrogens with one attached hydrogen (secondary N) is 1. The molecule has 0 unspecified atom stereocenters. The third-order valence-electron chi connectivity index (χ3n) is 4.53. The number of hydrogen-bond donors (Lipinski definition) is 1. The molecule has 1 saturated carbocycles. The summed E-state index contributed by atoms with van der Waals surface area (Å²) in [4.78, 5) is 24.9. The highest BCUT2D eigenvalue weighted by molar-refractivity contribution is 7.89. The number of rotatable bonds is 5. The molecule has 1 aliphatic rings. The first-order chi connectivity index (χ1) is 11.7. The van der Waals surface area contributed by atoms with Crippen LogP contribution in [0.5, 0.6) is 0 Å². The van der Waals surface area contributed by atoms with Gasteiger partial charge in [-0.25, -0.2) is 17.5 Å². The van der Waals surface area contributed by atoms with Crippen molar-refractivity contribution in [2.45, 2.75) is 42.5 Å². The van der Waals surface area contributed by atoms with E-state index in [-0.39, 0.29) is 4.90 Å². The molecule has 7 nitrogen and oxygen atoms in total. The Kier molecular flexibility index (Phi) is 5.84. The number of nitrogens with zero attached hydrogens (tertiary/aromatic N) is 1. The van der Waals surface area contributed by atoms with Crippen molar-refractivity contribution in [2.24, 2.45) is 0 Å². The molecule has 25 heavy (non-hydrogen) atoms. The number of carbonyl (C=O) groups excluding carboxylic acids is 2. The predicted molar refractivity (Wildman–Crippen MR) is 92.6 cm³/mol. The van der Waals surface area contributed by atoms with Crippen LogP contribution in [-0.2, 0) is 19.6 Å². The average molecular weight is 368 g/mol. The van der Waals surface area contributed by atoms with Gasteiger partial charge in [0.1, 0.15) is 5.54 Å². The number of benzene rings is 1. The Morgan fingerprint density at radius 3 is 2.12 bits per heavy atom. The van der Waals surface area contributed by atoms with E-state index in [1.54, 1.807) is 0 Å². The second kappa shape index (κ2) is 7.53. The van der Waals surface area contributed by atoms with Crippen molar-refractivity contribution in [3.63, 3.8) is 0 Å². The minimum Gasteiger partial charge on any atom is -0.467 e. The largest absolute Gasteiger partial charge is 0.467 e. The molecule has 0 aromatic heterocycles. The first-order valence-electron chi connectivity index (χ1n) is 8.16. The fourth-order valence-corrected chi connectivity index (χ4v) is 3.91. The molecule has 138 valence electrons. The van der Waals surface area contributed by atoms with E-state index in [9.17, 15) is 18.0 Å². The third-order valence-corrected chi connectivity index (χ3v) is 6.36. The van der Waals surface area contributed by atoms with Crippen LogP contribution in [0.25, 0.3) is 0 Å². The molecule has 1 fully saturated rings. The minimum atomic E-state index is -3.55. The molecule has 0 radical (unpaired) electrons. The highest BCUT2D eigenvalue weighted by Crippen LogP contribution is 2.30. The standard InChI is InChI=1S/C17H24N2O5S/c1-19(2)25(22,23)14-9-7-13(8-10-14)15(20)18-17(16(21)24-3)11-5-4-6-12-17/h7-10H,4-6,11-12H2,1-3H3,(H,18,20). The molecular weight excluding hydrogens is 344 g/mol. The number of sulfonamides is 1. The quantitative estimate of drug-likeness (QED) is 0.796. The maximum Gasteiger partial charge on any atom is 0.331 e. The van der Waals surface area contributed by atoms with Gasteiger partial charge in [-0.15, -0.1) is 0 Å². The van der Waals surface area contributed by atoms with Crippen LogP contribution in [0, 0.1) is 0 Å². The zero-order valence-corrected chi connectivity index (χ0v) is 15.6. The fourth-order valence-electron chi connectivity index (χ4n) is 3.01. The molecule has 0 saturated heterocycles. The zero-order valence-electron chi connectivity index (χ0n) is 14.7. The van der Waals surface area contributed by atoms with Crippen molar-refractivity contribution < 1.29 is 22.7 Å². The molecular formula is C17H24N2O5S. The van der Waals surface area contributed by atoms with Crippen molar-refractivity contribution in [3.8, 4) is 0 Å². The average Bonchev–Trinajstić information content (AvgIpc) is 2.61. The van der Waals surface area contributed by atoms with Gasteiger partial charge in [0.15, 0.2) is 0 Å². The van der Waals surface area contributed by atoms with Crippen LogP contribution in [-0.4, -0.2) is 51.3 Å². The van der Waals surface area contributed by atoms with Crippen LogP contribution in [0.15, 0.2) is 29.2 Å². The van der Waals surface area contributed by atoms with Crippen LogP contribution in [0.2, 0.25) is 0 Å². The van der Waals surface area contributed by atoms with E-state index in [4.69, 9.17) is 4.74 Å². The van der Waals surface area contributed by atoms with Crippen LogP contribution < -0.4 is 5.32 Å². The van der Waals surface area contributed by atoms with E-state index < -0.39 is 27.4 Å². The summed E-state index contributed by atoms with van der Waals surface area (Å²) in [6, 6.07) is 5.66. The molecule has 0 heterocycles. The molecule has 0 aliphatic heterocycles. The molecule has 1 aliphatic carbocycles. The summed E-state index contributed by atoms with van der Waals surface area (Å²) in [5.41, 5.74) is -0.704. The number of ether oxygens (including phenoxy) is 1. The third kappa shape index (κ3) is 4.01. The Morgan fingerprint density at radius 1 is 1.08 bits per heavy atom. The Hall–Kier alpha value is -1.93. The van der Waals surface area contributed by atoms with Crippen molar-refractivity contribution in [1.82, 2.24) is 9.62 Å². The Balaban J connectivity index is 2.21. The summed E-state index contributed by atoms with van der Waals surface area (Å²) >= 11 is 0. The molecule has 1 amide bonds. The minimum absolute atomic E-state index is 0.106. The van der Waals surface area contributed by atoms with Gasteiger partial charge in [-0.1, -0.05) is 19.3 Å². The normalized spacial score (nSPS) is 17.1. The highest BCUT2D eigenvalue weighted by Gasteiger charge is 2.42. The first kappa shape index (κ1) is 19.4. The van der Waals surface area contributed by atoms with E-state index in [2.05, 4.69) is 5.32 Å². The van der Waals surface area contributed by atoms with Crippen LogP contribution in [0.4, 0.5) is 0 Å². The molecule has 0 atom stereocenters. The molecule has 1 aromatic carbocycles. The van der Waals surface area contributed by atoms with Gasteiger partial charge in [-0.05, 0) is 37.1 Å². The Morgan fingerprint density at radius 2 is 1.64 bits per heavy atom. The van der Waals surface area contributed by atoms with E-state index in [1.807, 2.05) is 0 Å². The summed E-state index contributed by atoms with van der Waals surface area (Å²) in [5, 5.41) is 2.81. The predicted octanol–water partition coefficient (Wildman–Crippen LogP) is 1.54. The smallest absolute Gasteiger partial charge is 0.331 e. The first-order valence-corrected chi connectivity index (χ1v) is 9.60. The van der Waals surface area contributed by atoms with E-state index in [1.165, 1.54) is 45.5 Å². The fraction of sp³-hybridized carbons (Fsp3) is 0.529. The van der Waals surface area contributed by atoms with Crippen LogP contribution in [0.3, 0.4) is 0 Å². The maximum atomic E-state index is 12.6. The number of esters is 1. The lowest BCUT2D eigenvalue weighted by Crippen LogP contribution is -2.56. The number of hydrogen-bond acceptors (Lipinski definition) is 5. The SMILES string of the molecule is COC(=O)C1(NC(=O)c2ccc(S(=O)(=O)N(C)C)cc2)CCCCC1. The van der Waals surface area contributed by atoms with E-state index in [0.29, 0.717) is 18.4 Å². The lowest BCUT2D eigenvalue weighted by atomic mass is 9.81. The van der Waals surface area contributed by atoms with Gasteiger partial charge in [0.2, 0.25) is 10.0 Å². The van der Waals surface area contributed by atoms with Gasteiger partial charge in [0.05, 0.1) is 12.0 Å². The van der Waals surface area contributed by atoms with Crippen molar-refractivity contribution in [2.75, 3.05) is 21.2 Å². The van der Waals surface area contributed by atoms with Gasteiger partial charge in [0, 0.05) is 19.7 Å². The molecule has 2 rings (SSSR count). The second-order valence-electron chi connectivity index (χ2n) is 6.40. The van der Waals surface area contributed by atoms with E-state index in [0.717, 1.165) is 23.6 Å². The van der Waals surface area contributed by atoms with Gasteiger partial charge in [-0.2, -0.15) is 0 Å². The van der Waals surface area contributed by atoms with Crippen molar-refractivity contribution in [3.05, 3.63) is 29.8 Å². The number of carbonyl (C=O) groups is 2. The maximum absolute atomic E-state index is 12.6. The molecule has 1 aromatic rings. The van der Waals surface area contributed by atoms with Crippen molar-refractivity contribution in [1.29, 1.82) is 0 Å². The monoisotopic (exact) mass is 368 g/mol. The van der Waals surface area contributed by atoms with Crippen LogP contribution >= 0.6 is 0 Å². The second-order valence-corrected chi connectivity index (χ2v) is 8.55. The van der Waals surface area contributed by atoms with Gasteiger partial charge < -0.3 is 10.1 Å². The lowest BCUT2D eigenvalue weighted by Gasteiger charge is -2.35. The summed E-state index contributed by atoms with van der Waals surface area (Å²) in [6.07, 6.45) is 3.79. The summed E-state index contributed by atoms with van der Waals surface area (Å²) < 4.78 is 30.1. The summed E-state index contributed by atoms with van der Waals surface area (Å²) in [7, 11) is 0.650. The molecule has 8 heteroatoms. The molecule has 0 bridgehead atoms. The summed E-state index contributed by atoms with van der Waals surface area (Å²) in [6.45, 7) is 0. The van der Waals surface area contributed by atoms with Gasteiger partial charge >= 0.3 is 5.97 Å². The van der Waals surface area contributed by atoms with Gasteiger partial charge in [-0.3, -0.25) is 4.79 Å². The molecule has 1 N–H and O–H groups in total. The summed E-state index contributed by atoms with van der Waals surface area (Å²) in [5.74, 6) is -0.853. The highest BCUT2D eigenvalue weighted by atomic mass is 32.2. The lowest BCUT2D eigenvalue weighted by molar-refractivity contribution is -0.149. The molecule has 0 spiro atoms.